The number of rotatable bonds is 3. The molecule has 1 rings (SSSR count). The Balaban J connectivity index is 2.71. The Morgan fingerprint density at radius 3 is 2.38 bits per heavy atom. The average Bonchev–Trinajstić information content (AvgIpc) is 2.31. The molecule has 13 heavy (non-hydrogen) atoms. The molecule has 3 heteroatoms. The molecule has 0 spiro atoms. The fourth-order valence-corrected chi connectivity index (χ4v) is 2.13. The monoisotopic (exact) mass is 198 g/mol. The van der Waals surface area contributed by atoms with E-state index >= 15 is 0 Å². The summed E-state index contributed by atoms with van der Waals surface area (Å²) in [6.07, 6.45) is 0. The van der Waals surface area contributed by atoms with Crippen molar-refractivity contribution < 1.29 is 0 Å². The molecule has 0 amide bonds. The van der Waals surface area contributed by atoms with Crippen molar-refractivity contribution in [1.82, 2.24) is 4.98 Å². The van der Waals surface area contributed by atoms with Gasteiger partial charge in [0.05, 0.1) is 5.69 Å². The van der Waals surface area contributed by atoms with Crippen molar-refractivity contribution in [2.45, 2.75) is 27.7 Å². The van der Waals surface area contributed by atoms with Crippen molar-refractivity contribution in [3.05, 3.63) is 10.6 Å². The summed E-state index contributed by atoms with van der Waals surface area (Å²) in [5.41, 5.74) is 1.16. The largest absolute Gasteiger partial charge is 0.351 e. The Morgan fingerprint density at radius 1 is 1.38 bits per heavy atom. The predicted molar refractivity (Wildman–Crippen MR) is 59.7 cm³/mol. The van der Waals surface area contributed by atoms with Crippen LogP contribution in [0, 0.1) is 19.8 Å². The summed E-state index contributed by atoms with van der Waals surface area (Å²) >= 11 is 1.78. The van der Waals surface area contributed by atoms with Gasteiger partial charge in [-0.15, -0.1) is 11.3 Å². The zero-order valence-corrected chi connectivity index (χ0v) is 9.90. The first kappa shape index (κ1) is 10.5. The minimum Gasteiger partial charge on any atom is -0.351 e. The van der Waals surface area contributed by atoms with E-state index in [1.54, 1.807) is 11.3 Å². The van der Waals surface area contributed by atoms with Crippen LogP contribution < -0.4 is 4.90 Å². The number of hydrogen-bond acceptors (Lipinski definition) is 3. The lowest BCUT2D eigenvalue weighted by molar-refractivity contribution is 0.637. The molecule has 0 saturated heterocycles. The van der Waals surface area contributed by atoms with E-state index in [2.05, 4.69) is 44.6 Å². The highest BCUT2D eigenvalue weighted by Crippen LogP contribution is 2.24. The van der Waals surface area contributed by atoms with Crippen molar-refractivity contribution >= 4 is 16.5 Å². The van der Waals surface area contributed by atoms with Gasteiger partial charge in [-0.1, -0.05) is 13.8 Å². The fourth-order valence-electron chi connectivity index (χ4n) is 1.24. The summed E-state index contributed by atoms with van der Waals surface area (Å²) in [5.74, 6) is 0.689. The van der Waals surface area contributed by atoms with Gasteiger partial charge in [0.15, 0.2) is 5.13 Å². The van der Waals surface area contributed by atoms with Crippen LogP contribution in [0.5, 0.6) is 0 Å². The molecule has 0 radical (unpaired) electrons. The van der Waals surface area contributed by atoms with Crippen LogP contribution in [0.15, 0.2) is 0 Å². The molecule has 74 valence electrons. The fraction of sp³-hybridized carbons (Fsp3) is 0.700. The van der Waals surface area contributed by atoms with Crippen LogP contribution in [-0.4, -0.2) is 18.6 Å². The van der Waals surface area contributed by atoms with Gasteiger partial charge < -0.3 is 4.90 Å². The molecule has 0 saturated carbocycles. The molecule has 2 nitrogen and oxygen atoms in total. The number of aromatic nitrogens is 1. The van der Waals surface area contributed by atoms with Gasteiger partial charge in [0, 0.05) is 18.5 Å². The lowest BCUT2D eigenvalue weighted by atomic mass is 10.2. The molecular weight excluding hydrogens is 180 g/mol. The highest BCUT2D eigenvalue weighted by molar-refractivity contribution is 7.15. The van der Waals surface area contributed by atoms with Crippen LogP contribution in [0.2, 0.25) is 0 Å². The maximum atomic E-state index is 4.51. The maximum absolute atomic E-state index is 4.51. The third kappa shape index (κ3) is 2.69. The van der Waals surface area contributed by atoms with E-state index in [1.165, 1.54) is 4.88 Å². The second kappa shape index (κ2) is 4.09. The lowest BCUT2D eigenvalue weighted by Crippen LogP contribution is -2.22. The van der Waals surface area contributed by atoms with Crippen molar-refractivity contribution in [3.63, 3.8) is 0 Å². The molecule has 0 aliphatic heterocycles. The van der Waals surface area contributed by atoms with E-state index < -0.39 is 0 Å². The van der Waals surface area contributed by atoms with Gasteiger partial charge in [-0.05, 0) is 19.8 Å². The van der Waals surface area contributed by atoms with Crippen molar-refractivity contribution in [2.75, 3.05) is 18.5 Å². The second-order valence-electron chi connectivity index (χ2n) is 3.91. The summed E-state index contributed by atoms with van der Waals surface area (Å²) in [6.45, 7) is 9.72. The van der Waals surface area contributed by atoms with E-state index in [0.717, 1.165) is 17.4 Å². The van der Waals surface area contributed by atoms with Crippen LogP contribution in [0.3, 0.4) is 0 Å². The number of aryl methyl sites for hydroxylation is 2. The molecule has 0 bridgehead atoms. The molecule has 0 aromatic carbocycles. The molecular formula is C10H18N2S. The molecule has 1 heterocycles. The van der Waals surface area contributed by atoms with Crippen molar-refractivity contribution in [3.8, 4) is 0 Å². The summed E-state index contributed by atoms with van der Waals surface area (Å²) in [4.78, 5) is 8.06. The predicted octanol–water partition coefficient (Wildman–Crippen LogP) is 2.85. The summed E-state index contributed by atoms with van der Waals surface area (Å²) in [7, 11) is 2.11. The smallest absolute Gasteiger partial charge is 0.185 e. The first-order valence-corrected chi connectivity index (χ1v) is 5.47. The van der Waals surface area contributed by atoms with Gasteiger partial charge in [0.1, 0.15) is 0 Å². The first-order valence-electron chi connectivity index (χ1n) is 4.66. The van der Waals surface area contributed by atoms with E-state index in [-0.39, 0.29) is 0 Å². The Labute approximate surface area is 84.6 Å². The van der Waals surface area contributed by atoms with Gasteiger partial charge in [-0.3, -0.25) is 0 Å². The van der Waals surface area contributed by atoms with Gasteiger partial charge >= 0.3 is 0 Å². The number of anilines is 1. The first-order chi connectivity index (χ1) is 6.00. The van der Waals surface area contributed by atoms with Gasteiger partial charge in [-0.2, -0.15) is 0 Å². The molecule has 1 aromatic rings. The Hall–Kier alpha value is -0.570. The van der Waals surface area contributed by atoms with Crippen molar-refractivity contribution in [2.24, 2.45) is 5.92 Å². The molecule has 0 aliphatic rings. The average molecular weight is 198 g/mol. The minimum atomic E-state index is 0.689. The van der Waals surface area contributed by atoms with Crippen molar-refractivity contribution in [1.29, 1.82) is 0 Å². The normalized spacial score (nSPS) is 10.9. The highest BCUT2D eigenvalue weighted by atomic mass is 32.1. The SMILES string of the molecule is Cc1nc(N(C)CC(C)C)sc1C. The van der Waals surface area contributed by atoms with Crippen LogP contribution in [0.1, 0.15) is 24.4 Å². The van der Waals surface area contributed by atoms with E-state index in [9.17, 15) is 0 Å². The zero-order valence-electron chi connectivity index (χ0n) is 9.09. The summed E-state index contributed by atoms with van der Waals surface area (Å²) in [5, 5.41) is 1.14. The quantitative estimate of drug-likeness (QED) is 0.742. The Morgan fingerprint density at radius 2 is 2.00 bits per heavy atom. The molecule has 0 N–H and O–H groups in total. The van der Waals surface area contributed by atoms with Crippen LogP contribution in [-0.2, 0) is 0 Å². The molecule has 0 fully saturated rings. The zero-order chi connectivity index (χ0) is 10.0. The molecule has 0 atom stereocenters. The van der Waals surface area contributed by atoms with Gasteiger partial charge in [-0.25, -0.2) is 4.98 Å². The van der Waals surface area contributed by atoms with Gasteiger partial charge in [0.25, 0.3) is 0 Å². The number of hydrogen-bond donors (Lipinski definition) is 0. The molecule has 0 unspecified atom stereocenters. The standard InChI is InChI=1S/C10H18N2S/c1-7(2)6-12(5)10-11-8(3)9(4)13-10/h7H,6H2,1-5H3. The Kier molecular flexibility index (Phi) is 3.31. The van der Waals surface area contributed by atoms with Crippen LogP contribution in [0.4, 0.5) is 5.13 Å². The number of nitrogens with zero attached hydrogens (tertiary/aromatic N) is 2. The molecule has 1 aromatic heterocycles. The minimum absolute atomic E-state index is 0.689. The maximum Gasteiger partial charge on any atom is 0.185 e. The van der Waals surface area contributed by atoms with E-state index in [4.69, 9.17) is 0 Å². The van der Waals surface area contributed by atoms with E-state index in [0.29, 0.717) is 5.92 Å². The van der Waals surface area contributed by atoms with Gasteiger partial charge in [0.2, 0.25) is 0 Å². The summed E-state index contributed by atoms with van der Waals surface area (Å²) < 4.78 is 0. The van der Waals surface area contributed by atoms with Crippen LogP contribution in [0.25, 0.3) is 0 Å². The summed E-state index contributed by atoms with van der Waals surface area (Å²) in [6, 6.07) is 0. The number of thiazole rings is 1. The van der Waals surface area contributed by atoms with Crippen LogP contribution >= 0.6 is 11.3 Å². The Bertz CT molecular complexity index is 259. The highest BCUT2D eigenvalue weighted by Gasteiger charge is 2.08. The lowest BCUT2D eigenvalue weighted by Gasteiger charge is -2.17. The third-order valence-electron chi connectivity index (χ3n) is 1.98. The van der Waals surface area contributed by atoms with E-state index in [1.807, 2.05) is 0 Å². The molecule has 0 aliphatic carbocycles. The third-order valence-corrected chi connectivity index (χ3v) is 3.17. The topological polar surface area (TPSA) is 16.1 Å². The second-order valence-corrected chi connectivity index (χ2v) is 5.09.